The highest BCUT2D eigenvalue weighted by Gasteiger charge is 2.30. The third kappa shape index (κ3) is 7.88. The molecule has 18 heavy (non-hydrogen) atoms. The Kier molecular flexibility index (Phi) is 6.59. The minimum Gasteiger partial charge on any atom is -0.330 e. The highest BCUT2D eigenvalue weighted by molar-refractivity contribution is 7.89. The van der Waals surface area contributed by atoms with Crippen LogP contribution < -0.4 is 10.5 Å². The van der Waals surface area contributed by atoms with Gasteiger partial charge >= 0.3 is 6.18 Å². The first kappa shape index (κ1) is 17.7. The van der Waals surface area contributed by atoms with E-state index in [1.807, 2.05) is 0 Å². The molecule has 4 nitrogen and oxygen atoms in total. The van der Waals surface area contributed by atoms with Crippen molar-refractivity contribution in [1.82, 2.24) is 4.72 Å². The van der Waals surface area contributed by atoms with Gasteiger partial charge in [-0.3, -0.25) is 0 Å². The molecule has 0 saturated carbocycles. The van der Waals surface area contributed by atoms with Gasteiger partial charge in [0, 0.05) is 12.0 Å². The smallest absolute Gasteiger partial charge is 0.330 e. The molecule has 0 rings (SSSR count). The van der Waals surface area contributed by atoms with E-state index in [0.29, 0.717) is 19.4 Å². The summed E-state index contributed by atoms with van der Waals surface area (Å²) in [6.07, 6.45) is -4.86. The second-order valence-electron chi connectivity index (χ2n) is 4.59. The number of sulfonamides is 1. The van der Waals surface area contributed by atoms with Crippen molar-refractivity contribution in [3.05, 3.63) is 0 Å². The van der Waals surface area contributed by atoms with Crippen LogP contribution in [0.5, 0.6) is 0 Å². The molecule has 0 fully saturated rings. The molecule has 3 N–H and O–H groups in total. The van der Waals surface area contributed by atoms with E-state index in [-0.39, 0.29) is 0 Å². The summed E-state index contributed by atoms with van der Waals surface area (Å²) in [5.41, 5.74) is 4.69. The first-order chi connectivity index (χ1) is 8.04. The van der Waals surface area contributed by atoms with Crippen LogP contribution in [-0.2, 0) is 10.0 Å². The van der Waals surface area contributed by atoms with Crippen molar-refractivity contribution in [3.63, 3.8) is 0 Å². The molecule has 0 bridgehead atoms. The van der Waals surface area contributed by atoms with Gasteiger partial charge in [0.15, 0.2) is 0 Å². The topological polar surface area (TPSA) is 72.2 Å². The standard InChI is InChI=1S/C10H21F3N2O2S/c1-3-9(2,6-7-14)15-18(16,17)8-4-5-10(11,12)13/h15H,3-8,14H2,1-2H3. The predicted octanol–water partition coefficient (Wildman–Crippen LogP) is 1.77. The second-order valence-corrected chi connectivity index (χ2v) is 6.43. The van der Waals surface area contributed by atoms with Gasteiger partial charge in [0.1, 0.15) is 0 Å². The summed E-state index contributed by atoms with van der Waals surface area (Å²) < 4.78 is 61.5. The molecule has 0 amide bonds. The first-order valence-corrected chi connectivity index (χ1v) is 7.47. The fourth-order valence-electron chi connectivity index (χ4n) is 1.51. The second kappa shape index (κ2) is 6.72. The van der Waals surface area contributed by atoms with Crippen molar-refractivity contribution in [2.24, 2.45) is 5.73 Å². The molecule has 0 aromatic heterocycles. The van der Waals surface area contributed by atoms with Gasteiger partial charge in [-0.25, -0.2) is 13.1 Å². The molecular formula is C10H21F3N2O2S. The van der Waals surface area contributed by atoms with Crippen LogP contribution in [0.2, 0.25) is 0 Å². The third-order valence-electron chi connectivity index (χ3n) is 2.75. The Morgan fingerprint density at radius 1 is 1.22 bits per heavy atom. The van der Waals surface area contributed by atoms with Crippen molar-refractivity contribution in [1.29, 1.82) is 0 Å². The number of nitrogens with one attached hydrogen (secondary N) is 1. The van der Waals surface area contributed by atoms with Crippen LogP contribution in [0.25, 0.3) is 0 Å². The van der Waals surface area contributed by atoms with Gasteiger partial charge in [0.05, 0.1) is 5.75 Å². The van der Waals surface area contributed by atoms with Gasteiger partial charge in [-0.15, -0.1) is 0 Å². The molecule has 0 heterocycles. The van der Waals surface area contributed by atoms with E-state index in [0.717, 1.165) is 0 Å². The van der Waals surface area contributed by atoms with E-state index >= 15 is 0 Å². The van der Waals surface area contributed by atoms with Crippen molar-refractivity contribution < 1.29 is 21.6 Å². The fraction of sp³-hybridized carbons (Fsp3) is 1.00. The number of hydrogen-bond acceptors (Lipinski definition) is 3. The zero-order valence-electron chi connectivity index (χ0n) is 10.7. The summed E-state index contributed by atoms with van der Waals surface area (Å²) in [5, 5.41) is 0. The zero-order chi connectivity index (χ0) is 14.4. The van der Waals surface area contributed by atoms with Crippen molar-refractivity contribution in [2.75, 3.05) is 12.3 Å². The predicted molar refractivity (Wildman–Crippen MR) is 64.6 cm³/mol. The molecule has 110 valence electrons. The minimum absolute atomic E-state index is 0.315. The molecule has 1 unspecified atom stereocenters. The lowest BCUT2D eigenvalue weighted by molar-refractivity contribution is -0.134. The van der Waals surface area contributed by atoms with Gasteiger partial charge in [-0.2, -0.15) is 13.2 Å². The molecule has 0 aliphatic carbocycles. The molecule has 1 atom stereocenters. The van der Waals surface area contributed by atoms with Gasteiger partial charge in [-0.05, 0) is 32.7 Å². The largest absolute Gasteiger partial charge is 0.389 e. The quantitative estimate of drug-likeness (QED) is 0.715. The van der Waals surface area contributed by atoms with Gasteiger partial charge < -0.3 is 5.73 Å². The van der Waals surface area contributed by atoms with Gasteiger partial charge in [-0.1, -0.05) is 6.92 Å². The Labute approximate surface area is 106 Å². The van der Waals surface area contributed by atoms with Crippen LogP contribution in [0, 0.1) is 0 Å². The lowest BCUT2D eigenvalue weighted by atomic mass is 9.96. The summed E-state index contributed by atoms with van der Waals surface area (Å²) in [7, 11) is -3.70. The molecule has 0 radical (unpaired) electrons. The number of alkyl halides is 3. The Balaban J connectivity index is 4.38. The lowest BCUT2D eigenvalue weighted by Gasteiger charge is -2.28. The maximum Gasteiger partial charge on any atom is 0.389 e. The summed E-state index contributed by atoms with van der Waals surface area (Å²) in [4.78, 5) is 0. The minimum atomic E-state index is -4.32. The fourth-order valence-corrected chi connectivity index (χ4v) is 3.13. The zero-order valence-corrected chi connectivity index (χ0v) is 11.5. The van der Waals surface area contributed by atoms with E-state index in [2.05, 4.69) is 4.72 Å². The number of rotatable bonds is 8. The highest BCUT2D eigenvalue weighted by atomic mass is 32.2. The Hall–Kier alpha value is -0.340. The molecule has 0 aromatic rings. The van der Waals surface area contributed by atoms with Crippen LogP contribution in [0.1, 0.15) is 39.5 Å². The molecule has 0 spiro atoms. The molecule has 0 aliphatic heterocycles. The monoisotopic (exact) mass is 290 g/mol. The van der Waals surface area contributed by atoms with Crippen molar-refractivity contribution >= 4 is 10.0 Å². The van der Waals surface area contributed by atoms with Crippen molar-refractivity contribution in [3.8, 4) is 0 Å². The maximum absolute atomic E-state index is 11.9. The molecule has 0 aromatic carbocycles. The third-order valence-corrected chi connectivity index (χ3v) is 4.38. The molecular weight excluding hydrogens is 269 g/mol. The molecule has 8 heteroatoms. The average molecular weight is 290 g/mol. The summed E-state index contributed by atoms with van der Waals surface area (Å²) >= 11 is 0. The Bertz CT molecular complexity index is 344. The van der Waals surface area contributed by atoms with E-state index in [1.165, 1.54) is 0 Å². The van der Waals surface area contributed by atoms with Crippen LogP contribution >= 0.6 is 0 Å². The first-order valence-electron chi connectivity index (χ1n) is 5.82. The number of halogens is 3. The van der Waals surface area contributed by atoms with E-state index in [4.69, 9.17) is 5.73 Å². The van der Waals surface area contributed by atoms with Crippen LogP contribution in [-0.4, -0.2) is 32.4 Å². The normalized spacial score (nSPS) is 16.6. The average Bonchev–Trinajstić information content (AvgIpc) is 2.14. The SMILES string of the molecule is CCC(C)(CCN)NS(=O)(=O)CCCC(F)(F)F. The van der Waals surface area contributed by atoms with E-state index in [9.17, 15) is 21.6 Å². The van der Waals surface area contributed by atoms with Gasteiger partial charge in [0.25, 0.3) is 0 Å². The Morgan fingerprint density at radius 2 is 1.78 bits per heavy atom. The van der Waals surface area contributed by atoms with Gasteiger partial charge in [0.2, 0.25) is 10.0 Å². The summed E-state index contributed by atoms with van der Waals surface area (Å²) in [6.45, 7) is 3.81. The van der Waals surface area contributed by atoms with E-state index < -0.39 is 40.3 Å². The van der Waals surface area contributed by atoms with E-state index in [1.54, 1.807) is 13.8 Å². The highest BCUT2D eigenvalue weighted by Crippen LogP contribution is 2.22. The van der Waals surface area contributed by atoms with Crippen LogP contribution in [0.15, 0.2) is 0 Å². The Morgan fingerprint density at radius 3 is 2.17 bits per heavy atom. The summed E-state index contributed by atoms with van der Waals surface area (Å²) in [6, 6.07) is 0. The molecule has 0 aliphatic rings. The maximum atomic E-state index is 11.9. The summed E-state index contributed by atoms with van der Waals surface area (Å²) in [5.74, 6) is -0.521. The molecule has 0 saturated heterocycles. The lowest BCUT2D eigenvalue weighted by Crippen LogP contribution is -2.47. The number of nitrogens with two attached hydrogens (primary N) is 1. The number of hydrogen-bond donors (Lipinski definition) is 2. The van der Waals surface area contributed by atoms with Crippen LogP contribution in [0.3, 0.4) is 0 Å². The van der Waals surface area contributed by atoms with Crippen molar-refractivity contribution in [2.45, 2.75) is 51.2 Å². The van der Waals surface area contributed by atoms with Crippen LogP contribution in [0.4, 0.5) is 13.2 Å².